The van der Waals surface area contributed by atoms with Crippen molar-refractivity contribution in [2.75, 3.05) is 11.9 Å². The van der Waals surface area contributed by atoms with Crippen LogP contribution in [0.3, 0.4) is 0 Å². The molecule has 2 heterocycles. The van der Waals surface area contributed by atoms with Crippen molar-refractivity contribution in [2.45, 2.75) is 25.7 Å². The van der Waals surface area contributed by atoms with Crippen LogP contribution in [0.4, 0.5) is 11.6 Å². The minimum Gasteiger partial charge on any atom is -0.314 e. The zero-order chi connectivity index (χ0) is 12.5. The molecule has 0 saturated heterocycles. The van der Waals surface area contributed by atoms with Crippen LogP contribution in [-0.4, -0.2) is 26.8 Å². The highest BCUT2D eigenvalue weighted by atomic mass is 15.4. The third kappa shape index (κ3) is 1.75. The molecule has 0 fully saturated rings. The van der Waals surface area contributed by atoms with Gasteiger partial charge in [0, 0.05) is 25.9 Å². The summed E-state index contributed by atoms with van der Waals surface area (Å²) in [5.74, 6) is 2.06. The van der Waals surface area contributed by atoms with Crippen LogP contribution in [0.25, 0.3) is 0 Å². The summed E-state index contributed by atoms with van der Waals surface area (Å²) in [6.45, 7) is 0. The second kappa shape index (κ2) is 4.40. The SMILES string of the molecule is CN(c1ccncn1)c1c2c(nn1C)CCCC2. The van der Waals surface area contributed by atoms with E-state index in [0.717, 1.165) is 24.5 Å². The number of nitrogens with zero attached hydrogens (tertiary/aromatic N) is 5. The molecule has 0 unspecified atom stereocenters. The molecule has 0 N–H and O–H groups in total. The molecule has 1 aliphatic carbocycles. The van der Waals surface area contributed by atoms with E-state index in [1.165, 1.54) is 24.1 Å². The fourth-order valence-electron chi connectivity index (χ4n) is 2.67. The lowest BCUT2D eigenvalue weighted by molar-refractivity contribution is 0.664. The number of rotatable bonds is 2. The summed E-state index contributed by atoms with van der Waals surface area (Å²) in [4.78, 5) is 10.4. The predicted molar refractivity (Wildman–Crippen MR) is 69.9 cm³/mol. The molecule has 0 radical (unpaired) electrons. The quantitative estimate of drug-likeness (QED) is 0.807. The molecule has 0 spiro atoms. The molecular weight excluding hydrogens is 226 g/mol. The normalized spacial score (nSPS) is 14.3. The maximum absolute atomic E-state index is 4.63. The van der Waals surface area contributed by atoms with Crippen LogP contribution in [0.2, 0.25) is 0 Å². The third-order valence-corrected chi connectivity index (χ3v) is 3.51. The van der Waals surface area contributed by atoms with E-state index in [4.69, 9.17) is 0 Å². The molecule has 5 nitrogen and oxygen atoms in total. The molecule has 18 heavy (non-hydrogen) atoms. The Kier molecular flexibility index (Phi) is 2.74. The molecule has 0 saturated carbocycles. The van der Waals surface area contributed by atoms with E-state index in [2.05, 4.69) is 20.0 Å². The summed E-state index contributed by atoms with van der Waals surface area (Å²) >= 11 is 0. The van der Waals surface area contributed by atoms with E-state index in [9.17, 15) is 0 Å². The summed E-state index contributed by atoms with van der Waals surface area (Å²) in [6, 6.07) is 1.92. The maximum atomic E-state index is 4.63. The Morgan fingerprint density at radius 3 is 2.89 bits per heavy atom. The molecule has 0 bridgehead atoms. The van der Waals surface area contributed by atoms with Crippen LogP contribution in [0, 0.1) is 0 Å². The van der Waals surface area contributed by atoms with Gasteiger partial charge in [-0.05, 0) is 31.7 Å². The van der Waals surface area contributed by atoms with Gasteiger partial charge in [-0.3, -0.25) is 4.68 Å². The van der Waals surface area contributed by atoms with E-state index in [-0.39, 0.29) is 0 Å². The van der Waals surface area contributed by atoms with Gasteiger partial charge in [-0.2, -0.15) is 5.10 Å². The monoisotopic (exact) mass is 243 g/mol. The number of hydrogen-bond acceptors (Lipinski definition) is 4. The van der Waals surface area contributed by atoms with Crippen LogP contribution in [0.1, 0.15) is 24.1 Å². The largest absolute Gasteiger partial charge is 0.314 e. The van der Waals surface area contributed by atoms with Gasteiger partial charge in [0.05, 0.1) is 5.69 Å². The van der Waals surface area contributed by atoms with E-state index in [1.54, 1.807) is 12.5 Å². The molecule has 0 atom stereocenters. The minimum atomic E-state index is 0.904. The Labute approximate surface area is 106 Å². The molecule has 3 rings (SSSR count). The van der Waals surface area contributed by atoms with Crippen molar-refractivity contribution in [1.82, 2.24) is 19.7 Å². The maximum Gasteiger partial charge on any atom is 0.137 e. The van der Waals surface area contributed by atoms with Crippen molar-refractivity contribution in [3.05, 3.63) is 29.8 Å². The Balaban J connectivity index is 2.04. The lowest BCUT2D eigenvalue weighted by Crippen LogP contribution is -2.17. The predicted octanol–water partition coefficient (Wildman–Crippen LogP) is 1.86. The molecule has 2 aromatic rings. The number of fused-ring (bicyclic) bond motifs is 1. The lowest BCUT2D eigenvalue weighted by Gasteiger charge is -2.20. The smallest absolute Gasteiger partial charge is 0.137 e. The van der Waals surface area contributed by atoms with Crippen molar-refractivity contribution in [1.29, 1.82) is 0 Å². The summed E-state index contributed by atoms with van der Waals surface area (Å²) in [6.07, 6.45) is 8.06. The average Bonchev–Trinajstić information content (AvgIpc) is 2.75. The molecule has 94 valence electrons. The fraction of sp³-hybridized carbons (Fsp3) is 0.462. The van der Waals surface area contributed by atoms with Gasteiger partial charge in [-0.1, -0.05) is 0 Å². The Hall–Kier alpha value is -1.91. The zero-order valence-electron chi connectivity index (χ0n) is 10.8. The van der Waals surface area contributed by atoms with Crippen LogP contribution >= 0.6 is 0 Å². The zero-order valence-corrected chi connectivity index (χ0v) is 10.8. The van der Waals surface area contributed by atoms with Gasteiger partial charge in [0.1, 0.15) is 18.0 Å². The highest BCUT2D eigenvalue weighted by Crippen LogP contribution is 2.32. The van der Waals surface area contributed by atoms with Crippen molar-refractivity contribution >= 4 is 11.6 Å². The van der Waals surface area contributed by atoms with Gasteiger partial charge >= 0.3 is 0 Å². The molecule has 0 aliphatic heterocycles. The van der Waals surface area contributed by atoms with E-state index in [1.807, 2.05) is 24.8 Å². The Morgan fingerprint density at radius 2 is 2.11 bits per heavy atom. The van der Waals surface area contributed by atoms with E-state index < -0.39 is 0 Å². The number of aryl methyl sites for hydroxylation is 2. The summed E-state index contributed by atoms with van der Waals surface area (Å²) in [5.41, 5.74) is 2.63. The van der Waals surface area contributed by atoms with E-state index >= 15 is 0 Å². The fourth-order valence-corrected chi connectivity index (χ4v) is 2.67. The second-order valence-corrected chi connectivity index (χ2v) is 4.71. The summed E-state index contributed by atoms with van der Waals surface area (Å²) in [7, 11) is 4.04. The van der Waals surface area contributed by atoms with Crippen LogP contribution in [0.15, 0.2) is 18.6 Å². The molecule has 5 heteroatoms. The first kappa shape index (κ1) is 11.2. The first-order valence-corrected chi connectivity index (χ1v) is 6.32. The highest BCUT2D eigenvalue weighted by Gasteiger charge is 2.22. The van der Waals surface area contributed by atoms with Crippen molar-refractivity contribution in [3.63, 3.8) is 0 Å². The summed E-state index contributed by atoms with van der Waals surface area (Å²) < 4.78 is 1.97. The van der Waals surface area contributed by atoms with Crippen LogP contribution < -0.4 is 4.90 Å². The standard InChI is InChI=1S/C13H17N5/c1-17(12-7-8-14-9-15-12)13-10-5-3-4-6-11(10)16-18(13)2/h7-9H,3-6H2,1-2H3. The van der Waals surface area contributed by atoms with Crippen LogP contribution in [0.5, 0.6) is 0 Å². The van der Waals surface area contributed by atoms with E-state index in [0.29, 0.717) is 0 Å². The topological polar surface area (TPSA) is 46.8 Å². The third-order valence-electron chi connectivity index (χ3n) is 3.51. The lowest BCUT2D eigenvalue weighted by atomic mass is 9.97. The summed E-state index contributed by atoms with van der Waals surface area (Å²) in [5, 5.41) is 4.63. The number of hydrogen-bond donors (Lipinski definition) is 0. The number of aromatic nitrogens is 4. The molecular formula is C13H17N5. The molecule has 1 aliphatic rings. The van der Waals surface area contributed by atoms with Gasteiger partial charge < -0.3 is 4.90 Å². The highest BCUT2D eigenvalue weighted by molar-refractivity contribution is 5.60. The van der Waals surface area contributed by atoms with Crippen molar-refractivity contribution in [2.24, 2.45) is 7.05 Å². The molecule has 2 aromatic heterocycles. The Bertz CT molecular complexity index is 546. The first-order chi connectivity index (χ1) is 8.77. The van der Waals surface area contributed by atoms with Gasteiger partial charge in [0.25, 0.3) is 0 Å². The van der Waals surface area contributed by atoms with Gasteiger partial charge in [-0.25, -0.2) is 9.97 Å². The molecule has 0 amide bonds. The Morgan fingerprint density at radius 1 is 1.28 bits per heavy atom. The molecule has 0 aromatic carbocycles. The van der Waals surface area contributed by atoms with Crippen molar-refractivity contribution in [3.8, 4) is 0 Å². The first-order valence-electron chi connectivity index (χ1n) is 6.32. The second-order valence-electron chi connectivity index (χ2n) is 4.71. The average molecular weight is 243 g/mol. The van der Waals surface area contributed by atoms with Gasteiger partial charge in [-0.15, -0.1) is 0 Å². The van der Waals surface area contributed by atoms with Gasteiger partial charge in [0.2, 0.25) is 0 Å². The van der Waals surface area contributed by atoms with Crippen molar-refractivity contribution < 1.29 is 0 Å². The van der Waals surface area contributed by atoms with Crippen LogP contribution in [-0.2, 0) is 19.9 Å². The minimum absolute atomic E-state index is 0.904. The van der Waals surface area contributed by atoms with Gasteiger partial charge in [0.15, 0.2) is 0 Å². The number of anilines is 2.